The van der Waals surface area contributed by atoms with E-state index in [2.05, 4.69) is 28.2 Å². The van der Waals surface area contributed by atoms with Gasteiger partial charge in [-0.05, 0) is 35.7 Å². The summed E-state index contributed by atoms with van der Waals surface area (Å²) in [7, 11) is 1.70. The van der Waals surface area contributed by atoms with Crippen molar-refractivity contribution in [1.29, 1.82) is 0 Å². The molecule has 0 radical (unpaired) electrons. The Labute approximate surface area is 157 Å². The van der Waals surface area contributed by atoms with Crippen LogP contribution in [0, 0.1) is 5.82 Å². The van der Waals surface area contributed by atoms with Gasteiger partial charge in [0.05, 0.1) is 12.3 Å². The Morgan fingerprint density at radius 3 is 2.85 bits per heavy atom. The number of ether oxygens (including phenoxy) is 1. The van der Waals surface area contributed by atoms with E-state index in [1.54, 1.807) is 30.2 Å². The van der Waals surface area contributed by atoms with Gasteiger partial charge in [0.1, 0.15) is 5.82 Å². The second kappa shape index (κ2) is 7.40. The summed E-state index contributed by atoms with van der Waals surface area (Å²) in [6.45, 7) is 2.54. The quantitative estimate of drug-likeness (QED) is 0.757. The van der Waals surface area contributed by atoms with Crippen molar-refractivity contribution < 1.29 is 13.9 Å². The summed E-state index contributed by atoms with van der Waals surface area (Å²) < 4.78 is 21.3. The van der Waals surface area contributed by atoms with Crippen molar-refractivity contribution in [3.8, 4) is 0 Å². The maximum atomic E-state index is 13.8. The zero-order valence-corrected chi connectivity index (χ0v) is 15.2. The zero-order chi connectivity index (χ0) is 18.8. The van der Waals surface area contributed by atoms with Gasteiger partial charge in [-0.25, -0.2) is 9.18 Å². The molecule has 1 aliphatic rings. The van der Waals surface area contributed by atoms with E-state index in [4.69, 9.17) is 4.74 Å². The third kappa shape index (κ3) is 3.40. The number of benzene rings is 2. The van der Waals surface area contributed by atoms with Crippen molar-refractivity contribution in [3.63, 3.8) is 0 Å². The van der Waals surface area contributed by atoms with Crippen molar-refractivity contribution in [1.82, 2.24) is 9.47 Å². The molecule has 0 spiro atoms. The lowest BCUT2D eigenvalue weighted by Crippen LogP contribution is -2.35. The summed E-state index contributed by atoms with van der Waals surface area (Å²) in [5.74, 6) is -0.432. The molecule has 140 valence electrons. The van der Waals surface area contributed by atoms with Crippen LogP contribution in [0.3, 0.4) is 0 Å². The average Bonchev–Trinajstić information content (AvgIpc) is 2.92. The number of urea groups is 1. The van der Waals surface area contributed by atoms with E-state index in [0.29, 0.717) is 19.7 Å². The number of nitrogens with zero attached hydrogens (tertiary/aromatic N) is 2. The van der Waals surface area contributed by atoms with Crippen molar-refractivity contribution >= 4 is 22.6 Å². The molecule has 0 aliphatic carbocycles. The van der Waals surface area contributed by atoms with E-state index in [1.807, 2.05) is 6.07 Å². The van der Waals surface area contributed by atoms with Crippen LogP contribution in [0.2, 0.25) is 0 Å². The van der Waals surface area contributed by atoms with E-state index in [0.717, 1.165) is 24.0 Å². The minimum atomic E-state index is -0.432. The molecule has 1 aromatic heterocycles. The Hall–Kier alpha value is -2.86. The lowest BCUT2D eigenvalue weighted by Gasteiger charge is -2.22. The Morgan fingerprint density at radius 2 is 2.04 bits per heavy atom. The van der Waals surface area contributed by atoms with Crippen LogP contribution in [0.1, 0.15) is 11.1 Å². The summed E-state index contributed by atoms with van der Waals surface area (Å²) in [5, 5.41) is 3.91. The number of hydrogen-bond donors (Lipinski definition) is 1. The number of carbonyl (C=O) groups excluding carboxylic acids is 1. The molecule has 0 bridgehead atoms. The lowest BCUT2D eigenvalue weighted by atomic mass is 10.1. The molecule has 27 heavy (non-hydrogen) atoms. The number of nitrogens with one attached hydrogen (secondary N) is 1. The molecule has 2 heterocycles. The van der Waals surface area contributed by atoms with Gasteiger partial charge in [0.2, 0.25) is 0 Å². The number of amides is 2. The van der Waals surface area contributed by atoms with E-state index < -0.39 is 5.82 Å². The number of carbonyl (C=O) groups is 1. The topological polar surface area (TPSA) is 46.5 Å². The highest BCUT2D eigenvalue weighted by Gasteiger charge is 2.22. The molecule has 0 saturated heterocycles. The van der Waals surface area contributed by atoms with Gasteiger partial charge in [0.15, 0.2) is 0 Å². The maximum Gasteiger partial charge on any atom is 0.322 e. The lowest BCUT2D eigenvalue weighted by molar-refractivity contribution is 0.188. The number of aromatic nitrogens is 1. The number of methoxy groups -OCH3 is 1. The fraction of sp³-hybridized carbons (Fsp3) is 0.286. The van der Waals surface area contributed by atoms with Crippen LogP contribution in [0.15, 0.2) is 48.7 Å². The Balaban J connectivity index is 1.59. The first kappa shape index (κ1) is 17.5. The van der Waals surface area contributed by atoms with Gasteiger partial charge < -0.3 is 19.5 Å². The van der Waals surface area contributed by atoms with Gasteiger partial charge in [-0.2, -0.15) is 0 Å². The van der Waals surface area contributed by atoms with Crippen LogP contribution in [-0.2, 0) is 24.2 Å². The molecule has 0 unspecified atom stereocenters. The van der Waals surface area contributed by atoms with Crippen LogP contribution in [-0.4, -0.2) is 35.8 Å². The number of halogens is 1. The van der Waals surface area contributed by atoms with Crippen LogP contribution in [0.25, 0.3) is 10.9 Å². The molecule has 0 saturated carbocycles. The van der Waals surface area contributed by atoms with Gasteiger partial charge in [-0.15, -0.1) is 0 Å². The van der Waals surface area contributed by atoms with Crippen molar-refractivity contribution in [2.75, 3.05) is 25.6 Å². The van der Waals surface area contributed by atoms with Crippen molar-refractivity contribution in [3.05, 3.63) is 65.6 Å². The SMILES string of the molecule is COCCn1cc2c3c(cccc31)CN(C(=O)Nc1ccccc1F)CC2. The molecule has 5 nitrogen and oxygen atoms in total. The first-order chi connectivity index (χ1) is 13.2. The van der Waals surface area contributed by atoms with E-state index >= 15 is 0 Å². The van der Waals surface area contributed by atoms with Gasteiger partial charge in [0, 0.05) is 43.8 Å². The third-order valence-corrected chi connectivity index (χ3v) is 5.02. The van der Waals surface area contributed by atoms with Gasteiger partial charge in [0.25, 0.3) is 0 Å². The second-order valence-corrected chi connectivity index (χ2v) is 6.73. The summed E-state index contributed by atoms with van der Waals surface area (Å²) in [5.41, 5.74) is 3.71. The Kier molecular flexibility index (Phi) is 4.81. The van der Waals surface area contributed by atoms with Crippen molar-refractivity contribution in [2.24, 2.45) is 0 Å². The molecular formula is C21H22FN3O2. The average molecular weight is 367 g/mol. The fourth-order valence-corrected chi connectivity index (χ4v) is 3.69. The number of anilines is 1. The second-order valence-electron chi connectivity index (χ2n) is 6.73. The summed E-state index contributed by atoms with van der Waals surface area (Å²) in [4.78, 5) is 14.4. The predicted octanol–water partition coefficient (Wildman–Crippen LogP) is 4.02. The molecule has 0 fully saturated rings. The molecular weight excluding hydrogens is 345 g/mol. The molecule has 4 rings (SSSR count). The monoisotopic (exact) mass is 367 g/mol. The van der Waals surface area contributed by atoms with Gasteiger partial charge in [-0.1, -0.05) is 24.3 Å². The molecule has 2 amide bonds. The summed E-state index contributed by atoms with van der Waals surface area (Å²) in [6, 6.07) is 12.1. The minimum Gasteiger partial charge on any atom is -0.383 e. The first-order valence-electron chi connectivity index (χ1n) is 9.06. The number of para-hydroxylation sites is 1. The van der Waals surface area contributed by atoms with Crippen LogP contribution >= 0.6 is 0 Å². The summed E-state index contributed by atoms with van der Waals surface area (Å²) in [6.07, 6.45) is 2.92. The van der Waals surface area contributed by atoms with Crippen LogP contribution < -0.4 is 5.32 Å². The van der Waals surface area contributed by atoms with Gasteiger partial charge in [-0.3, -0.25) is 0 Å². The number of rotatable bonds is 4. The highest BCUT2D eigenvalue weighted by atomic mass is 19.1. The minimum absolute atomic E-state index is 0.203. The number of hydrogen-bond acceptors (Lipinski definition) is 2. The molecule has 3 aromatic rings. The van der Waals surface area contributed by atoms with Crippen molar-refractivity contribution in [2.45, 2.75) is 19.5 Å². The third-order valence-electron chi connectivity index (χ3n) is 5.02. The maximum absolute atomic E-state index is 13.8. The standard InChI is InChI=1S/C21H22FN3O2/c1-27-12-11-24-13-16-9-10-25(14-15-5-4-8-19(24)20(15)16)21(26)23-18-7-3-2-6-17(18)22/h2-8,13H,9-12,14H2,1H3,(H,23,26). The molecule has 2 aromatic carbocycles. The van der Waals surface area contributed by atoms with Crippen LogP contribution in [0.4, 0.5) is 14.9 Å². The smallest absolute Gasteiger partial charge is 0.322 e. The normalized spacial score (nSPS) is 13.6. The molecule has 1 N–H and O–H groups in total. The van der Waals surface area contributed by atoms with E-state index in [-0.39, 0.29) is 11.7 Å². The predicted molar refractivity (Wildman–Crippen MR) is 103 cm³/mol. The molecule has 6 heteroatoms. The highest BCUT2D eigenvalue weighted by molar-refractivity contribution is 5.92. The largest absolute Gasteiger partial charge is 0.383 e. The van der Waals surface area contributed by atoms with Gasteiger partial charge >= 0.3 is 6.03 Å². The van der Waals surface area contributed by atoms with Crippen LogP contribution in [0.5, 0.6) is 0 Å². The molecule has 0 atom stereocenters. The first-order valence-corrected chi connectivity index (χ1v) is 9.06. The Bertz CT molecular complexity index is 983. The molecule has 1 aliphatic heterocycles. The van der Waals surface area contributed by atoms with E-state index in [1.165, 1.54) is 17.0 Å². The zero-order valence-electron chi connectivity index (χ0n) is 15.2. The Morgan fingerprint density at radius 1 is 1.19 bits per heavy atom. The summed E-state index contributed by atoms with van der Waals surface area (Å²) >= 11 is 0. The van der Waals surface area contributed by atoms with E-state index in [9.17, 15) is 9.18 Å². The highest BCUT2D eigenvalue weighted by Crippen LogP contribution is 2.30. The fourth-order valence-electron chi connectivity index (χ4n) is 3.69.